The van der Waals surface area contributed by atoms with Crippen molar-refractivity contribution >= 4 is 45.3 Å². The summed E-state index contributed by atoms with van der Waals surface area (Å²) in [6.45, 7) is 3.82. The standard InChI is InChI=1S/C35H33ClN4O6/c1-42-27-10-9-21(36)15-20(27)19-39-11-13-40(14-12-39)26-18-25(37-22-16-28(43-2)35(45-4)29(17-22)44-3)30-31-32(26)38-46-34(31)24-8-6-5-7-23(24)33(30)41/h5-10,15-18,37H,11-14,19H2,1-4H3. The zero-order chi connectivity index (χ0) is 31.9. The summed E-state index contributed by atoms with van der Waals surface area (Å²) in [7, 11) is 6.38. The number of benzene rings is 4. The number of carbonyl (C=O) groups is 1. The highest BCUT2D eigenvalue weighted by atomic mass is 35.5. The van der Waals surface area contributed by atoms with E-state index in [-0.39, 0.29) is 5.78 Å². The second kappa shape index (κ2) is 12.1. The number of ether oxygens (including phenoxy) is 4. The van der Waals surface area contributed by atoms with Crippen LogP contribution in [0.15, 0.2) is 65.2 Å². The van der Waals surface area contributed by atoms with Crippen LogP contribution in [0, 0.1) is 0 Å². The summed E-state index contributed by atoms with van der Waals surface area (Å²) >= 11 is 6.30. The molecule has 2 aliphatic rings. The van der Waals surface area contributed by atoms with Gasteiger partial charge in [0.05, 0.1) is 50.8 Å². The number of hydrogen-bond donors (Lipinski definition) is 1. The van der Waals surface area contributed by atoms with Crippen LogP contribution in [0.2, 0.25) is 5.02 Å². The number of nitrogens with one attached hydrogen (secondary N) is 1. The molecule has 0 unspecified atom stereocenters. The highest BCUT2D eigenvalue weighted by molar-refractivity contribution is 6.30. The average Bonchev–Trinajstić information content (AvgIpc) is 3.53. The van der Waals surface area contributed by atoms with Crippen LogP contribution in [0.5, 0.6) is 23.0 Å². The first-order valence-electron chi connectivity index (χ1n) is 14.9. The fourth-order valence-electron chi connectivity index (χ4n) is 6.45. The molecule has 1 fully saturated rings. The molecule has 236 valence electrons. The average molecular weight is 641 g/mol. The lowest BCUT2D eigenvalue weighted by molar-refractivity contribution is 0.104. The minimum atomic E-state index is -0.0990. The number of methoxy groups -OCH3 is 4. The molecule has 1 aromatic heterocycles. The number of nitrogens with zero attached hydrogens (tertiary/aromatic N) is 3. The molecule has 7 rings (SSSR count). The van der Waals surface area contributed by atoms with Gasteiger partial charge in [-0.05, 0) is 24.3 Å². The minimum absolute atomic E-state index is 0.0990. The van der Waals surface area contributed by atoms with Crippen molar-refractivity contribution in [1.29, 1.82) is 0 Å². The summed E-state index contributed by atoms with van der Waals surface area (Å²) in [5.74, 6) is 2.77. The van der Waals surface area contributed by atoms with Crippen LogP contribution in [-0.4, -0.2) is 70.5 Å². The third kappa shape index (κ3) is 5.03. The van der Waals surface area contributed by atoms with Gasteiger partial charge in [-0.15, -0.1) is 0 Å². The van der Waals surface area contributed by atoms with Crippen LogP contribution in [0.3, 0.4) is 0 Å². The van der Waals surface area contributed by atoms with E-state index in [2.05, 4.69) is 20.3 Å². The molecule has 1 saturated heterocycles. The summed E-state index contributed by atoms with van der Waals surface area (Å²) in [4.78, 5) is 18.8. The predicted molar refractivity (Wildman–Crippen MR) is 178 cm³/mol. The fourth-order valence-corrected chi connectivity index (χ4v) is 6.64. The molecule has 2 heterocycles. The molecular weight excluding hydrogens is 608 g/mol. The normalized spacial score (nSPS) is 14.3. The summed E-state index contributed by atoms with van der Waals surface area (Å²) in [5.41, 5.74) is 5.70. The maximum Gasteiger partial charge on any atom is 0.203 e. The topological polar surface area (TPSA) is 98.5 Å². The van der Waals surface area contributed by atoms with Crippen LogP contribution in [0.4, 0.5) is 17.1 Å². The molecular formula is C35H33ClN4O6. The van der Waals surface area contributed by atoms with Gasteiger partial charge in [-0.25, -0.2) is 0 Å². The third-order valence-corrected chi connectivity index (χ3v) is 8.91. The van der Waals surface area contributed by atoms with Gasteiger partial charge in [0, 0.05) is 72.3 Å². The first-order valence-corrected chi connectivity index (χ1v) is 15.3. The Morgan fingerprint density at radius 3 is 2.22 bits per heavy atom. The zero-order valence-electron chi connectivity index (χ0n) is 26.0. The highest BCUT2D eigenvalue weighted by Gasteiger charge is 2.34. The van der Waals surface area contributed by atoms with Gasteiger partial charge in [0.1, 0.15) is 11.3 Å². The molecule has 0 amide bonds. The number of halogens is 1. The van der Waals surface area contributed by atoms with Crippen LogP contribution < -0.4 is 29.2 Å². The van der Waals surface area contributed by atoms with E-state index < -0.39 is 0 Å². The minimum Gasteiger partial charge on any atom is -0.496 e. The van der Waals surface area contributed by atoms with Gasteiger partial charge in [0.2, 0.25) is 5.75 Å². The first kappa shape index (κ1) is 29.8. The maximum absolute atomic E-state index is 14.1. The number of rotatable bonds is 9. The van der Waals surface area contributed by atoms with Crippen molar-refractivity contribution in [2.45, 2.75) is 6.54 Å². The number of carbonyl (C=O) groups excluding carboxylic acids is 1. The van der Waals surface area contributed by atoms with Crippen molar-refractivity contribution < 1.29 is 28.3 Å². The second-order valence-electron chi connectivity index (χ2n) is 11.2. The SMILES string of the molecule is COc1ccc(Cl)cc1CN1CCN(c2cc(Nc3cc(OC)c(OC)c(OC)c3)c3c4c(onc24)-c2ccccc2C3=O)CC1. The number of anilines is 3. The van der Waals surface area contributed by atoms with E-state index in [1.807, 2.05) is 60.7 Å². The molecule has 0 bridgehead atoms. The monoisotopic (exact) mass is 640 g/mol. The van der Waals surface area contributed by atoms with E-state index in [9.17, 15) is 4.79 Å². The zero-order valence-corrected chi connectivity index (χ0v) is 26.7. The Labute approximate surface area is 271 Å². The van der Waals surface area contributed by atoms with Crippen molar-refractivity contribution in [3.8, 4) is 34.3 Å². The van der Waals surface area contributed by atoms with Gasteiger partial charge < -0.3 is 33.7 Å². The van der Waals surface area contributed by atoms with E-state index in [0.29, 0.717) is 61.4 Å². The number of ketones is 1. The van der Waals surface area contributed by atoms with Crippen molar-refractivity contribution in [1.82, 2.24) is 10.1 Å². The van der Waals surface area contributed by atoms with E-state index in [0.717, 1.165) is 55.3 Å². The maximum atomic E-state index is 14.1. The molecule has 10 nitrogen and oxygen atoms in total. The van der Waals surface area contributed by atoms with Crippen LogP contribution in [-0.2, 0) is 6.54 Å². The number of piperazine rings is 1. The van der Waals surface area contributed by atoms with Gasteiger partial charge in [-0.2, -0.15) is 0 Å². The highest BCUT2D eigenvalue weighted by Crippen LogP contribution is 2.47. The van der Waals surface area contributed by atoms with E-state index in [1.54, 1.807) is 28.4 Å². The smallest absolute Gasteiger partial charge is 0.203 e. The number of fused-ring (bicyclic) bond motifs is 2. The summed E-state index contributed by atoms with van der Waals surface area (Å²) in [6.07, 6.45) is 0. The summed E-state index contributed by atoms with van der Waals surface area (Å²) in [5, 5.41) is 9.42. The Hall–Kier alpha value is -4.93. The van der Waals surface area contributed by atoms with E-state index in [4.69, 9.17) is 35.1 Å². The van der Waals surface area contributed by atoms with E-state index in [1.165, 1.54) is 0 Å². The Kier molecular flexibility index (Phi) is 7.84. The van der Waals surface area contributed by atoms with Crippen molar-refractivity contribution in [2.75, 3.05) is 64.8 Å². The quantitative estimate of drug-likeness (QED) is 0.182. The van der Waals surface area contributed by atoms with Gasteiger partial charge in [-0.1, -0.05) is 41.0 Å². The Bertz CT molecular complexity index is 1940. The number of hydrogen-bond acceptors (Lipinski definition) is 10. The molecule has 11 heteroatoms. The van der Waals surface area contributed by atoms with Gasteiger partial charge in [-0.3, -0.25) is 9.69 Å². The van der Waals surface area contributed by atoms with Crippen LogP contribution >= 0.6 is 11.6 Å². The molecule has 0 spiro atoms. The second-order valence-corrected chi connectivity index (χ2v) is 11.6. The molecule has 0 atom stereocenters. The molecule has 1 aliphatic heterocycles. The molecule has 1 N–H and O–H groups in total. The Morgan fingerprint density at radius 1 is 0.848 bits per heavy atom. The molecule has 1 aliphatic carbocycles. The first-order chi connectivity index (χ1) is 22.4. The van der Waals surface area contributed by atoms with Crippen molar-refractivity contribution in [3.63, 3.8) is 0 Å². The van der Waals surface area contributed by atoms with Gasteiger partial charge in [0.25, 0.3) is 0 Å². The lowest BCUT2D eigenvalue weighted by atomic mass is 9.86. The molecule has 46 heavy (non-hydrogen) atoms. The van der Waals surface area contributed by atoms with Gasteiger partial charge >= 0.3 is 0 Å². The summed E-state index contributed by atoms with van der Waals surface area (Å²) < 4.78 is 28.3. The Morgan fingerprint density at radius 2 is 1.54 bits per heavy atom. The lowest BCUT2D eigenvalue weighted by Gasteiger charge is -2.36. The lowest BCUT2D eigenvalue weighted by Crippen LogP contribution is -2.46. The van der Waals surface area contributed by atoms with Gasteiger partial charge in [0.15, 0.2) is 23.0 Å². The molecule has 0 saturated carbocycles. The van der Waals surface area contributed by atoms with Crippen molar-refractivity contribution in [2.24, 2.45) is 0 Å². The summed E-state index contributed by atoms with van der Waals surface area (Å²) in [6, 6.07) is 18.8. The molecule has 0 radical (unpaired) electrons. The third-order valence-electron chi connectivity index (χ3n) is 8.67. The predicted octanol–water partition coefficient (Wildman–Crippen LogP) is 6.79. The van der Waals surface area contributed by atoms with Crippen LogP contribution in [0.1, 0.15) is 21.5 Å². The Balaban J connectivity index is 1.28. The number of aromatic nitrogens is 1. The fraction of sp³-hybridized carbons (Fsp3) is 0.257. The largest absolute Gasteiger partial charge is 0.496 e. The molecule has 4 aromatic carbocycles. The molecule has 5 aromatic rings. The van der Waals surface area contributed by atoms with Crippen molar-refractivity contribution in [3.05, 3.63) is 82.4 Å². The van der Waals surface area contributed by atoms with Crippen LogP contribution in [0.25, 0.3) is 22.2 Å². The van der Waals surface area contributed by atoms with E-state index >= 15 is 0 Å².